The molecule has 4 aliphatic rings. The van der Waals surface area contributed by atoms with Crippen molar-refractivity contribution in [3.05, 3.63) is 24.8 Å². The Morgan fingerprint density at radius 2 is 1.22 bits per heavy atom. The molecule has 0 saturated heterocycles. The van der Waals surface area contributed by atoms with Crippen LogP contribution in [0.15, 0.2) is 24.8 Å². The smallest absolute Gasteiger partial charge is 0.00672 e. The summed E-state index contributed by atoms with van der Waals surface area (Å²) in [5.41, 5.74) is 0. The zero-order chi connectivity index (χ0) is 26.0. The summed E-state index contributed by atoms with van der Waals surface area (Å²) >= 11 is 0. The maximum absolute atomic E-state index is 4.28. The van der Waals surface area contributed by atoms with Crippen LogP contribution in [0.25, 0.3) is 0 Å². The van der Waals surface area contributed by atoms with Crippen molar-refractivity contribution in [1.82, 2.24) is 10.6 Å². The zero-order valence-corrected chi connectivity index (χ0v) is 24.9. The van der Waals surface area contributed by atoms with Gasteiger partial charge in [-0.15, -0.1) is 6.58 Å². The number of hydrogen-bond acceptors (Lipinski definition) is 2. The molecular weight excluding hydrogens is 448 g/mol. The minimum atomic E-state index is 0.760. The first-order chi connectivity index (χ1) is 18.2. The minimum absolute atomic E-state index is 0.760. The highest BCUT2D eigenvalue weighted by Gasteiger charge is 2.45. The van der Waals surface area contributed by atoms with E-state index in [9.17, 15) is 0 Å². The van der Waals surface area contributed by atoms with Gasteiger partial charge in [0.2, 0.25) is 0 Å². The standard InChI is InChI=1S/C35H62N2/c1-5-9-28-11-12-30(27-13-17-31(18-14-27)36-22-6-2)25-34(28)35-24-26(8-4)10-21-33(35)29-15-19-32(20-16-29)37-23-7-3/h5,8-9,26-37H,4,6-7,10-25H2,1-3H3/b9-5+. The summed E-state index contributed by atoms with van der Waals surface area (Å²) in [5, 5.41) is 7.66. The fraction of sp³-hybridized carbons (Fsp3) is 0.886. The molecule has 0 aromatic heterocycles. The number of hydrogen-bond donors (Lipinski definition) is 2. The van der Waals surface area contributed by atoms with Gasteiger partial charge in [-0.1, -0.05) is 32.1 Å². The van der Waals surface area contributed by atoms with Gasteiger partial charge in [0, 0.05) is 12.1 Å². The van der Waals surface area contributed by atoms with Gasteiger partial charge in [0.15, 0.2) is 0 Å². The molecule has 4 saturated carbocycles. The van der Waals surface area contributed by atoms with E-state index in [4.69, 9.17) is 0 Å². The van der Waals surface area contributed by atoms with Crippen molar-refractivity contribution in [2.75, 3.05) is 13.1 Å². The van der Waals surface area contributed by atoms with Gasteiger partial charge in [-0.05, 0) is 170 Å². The van der Waals surface area contributed by atoms with Gasteiger partial charge in [0.25, 0.3) is 0 Å². The molecule has 4 aliphatic carbocycles. The summed E-state index contributed by atoms with van der Waals surface area (Å²) < 4.78 is 0. The molecule has 0 aromatic rings. The van der Waals surface area contributed by atoms with Crippen molar-refractivity contribution in [2.24, 2.45) is 47.3 Å². The van der Waals surface area contributed by atoms with E-state index in [1.807, 2.05) is 0 Å². The fourth-order valence-corrected chi connectivity index (χ4v) is 9.47. The highest BCUT2D eigenvalue weighted by Crippen LogP contribution is 2.53. The quantitative estimate of drug-likeness (QED) is 0.271. The van der Waals surface area contributed by atoms with Crippen LogP contribution >= 0.6 is 0 Å². The van der Waals surface area contributed by atoms with Crippen molar-refractivity contribution in [1.29, 1.82) is 0 Å². The van der Waals surface area contributed by atoms with Crippen molar-refractivity contribution >= 4 is 0 Å². The Balaban J connectivity index is 1.43. The van der Waals surface area contributed by atoms with E-state index < -0.39 is 0 Å². The first-order valence-corrected chi connectivity index (χ1v) is 16.9. The van der Waals surface area contributed by atoms with Crippen molar-refractivity contribution in [2.45, 2.75) is 136 Å². The normalized spacial score (nSPS) is 41.6. The molecule has 0 radical (unpaired) electrons. The lowest BCUT2D eigenvalue weighted by Crippen LogP contribution is -2.43. The van der Waals surface area contributed by atoms with Crippen LogP contribution in [0, 0.1) is 47.3 Å². The molecule has 2 nitrogen and oxygen atoms in total. The fourth-order valence-electron chi connectivity index (χ4n) is 9.47. The Morgan fingerprint density at radius 1 is 0.622 bits per heavy atom. The molecule has 212 valence electrons. The predicted molar refractivity (Wildman–Crippen MR) is 162 cm³/mol. The molecule has 0 bridgehead atoms. The van der Waals surface area contributed by atoms with Crippen LogP contribution in [0.1, 0.15) is 124 Å². The summed E-state index contributed by atoms with van der Waals surface area (Å²) in [5.74, 6) is 7.33. The number of rotatable bonds is 11. The second-order valence-electron chi connectivity index (χ2n) is 13.7. The molecule has 4 rings (SSSR count). The number of allylic oxidation sites excluding steroid dienone is 3. The van der Waals surface area contributed by atoms with Crippen LogP contribution < -0.4 is 10.6 Å². The molecule has 2 heteroatoms. The average Bonchev–Trinajstić information content (AvgIpc) is 2.95. The molecule has 0 aliphatic heterocycles. The Kier molecular flexibility index (Phi) is 12.1. The van der Waals surface area contributed by atoms with E-state index in [0.29, 0.717) is 0 Å². The highest BCUT2D eigenvalue weighted by molar-refractivity contribution is 5.02. The van der Waals surface area contributed by atoms with Crippen LogP contribution in [-0.2, 0) is 0 Å². The molecule has 0 spiro atoms. The first-order valence-electron chi connectivity index (χ1n) is 16.9. The van der Waals surface area contributed by atoms with E-state index in [2.05, 4.69) is 56.2 Å². The summed E-state index contributed by atoms with van der Waals surface area (Å²) in [6, 6.07) is 1.58. The van der Waals surface area contributed by atoms with Crippen molar-refractivity contribution < 1.29 is 0 Å². The molecule has 6 atom stereocenters. The first kappa shape index (κ1) is 29.4. The second kappa shape index (κ2) is 15.3. The lowest BCUT2D eigenvalue weighted by Gasteiger charge is -2.50. The molecule has 4 fully saturated rings. The van der Waals surface area contributed by atoms with E-state index in [0.717, 1.165) is 59.4 Å². The van der Waals surface area contributed by atoms with E-state index >= 15 is 0 Å². The van der Waals surface area contributed by atoms with Gasteiger partial charge >= 0.3 is 0 Å². The van der Waals surface area contributed by atoms with Crippen LogP contribution in [0.5, 0.6) is 0 Å². The van der Waals surface area contributed by atoms with Crippen LogP contribution in [0.4, 0.5) is 0 Å². The summed E-state index contributed by atoms with van der Waals surface area (Å²) in [6.45, 7) is 13.6. The largest absolute Gasteiger partial charge is 0.314 e. The second-order valence-corrected chi connectivity index (χ2v) is 13.7. The van der Waals surface area contributed by atoms with Crippen molar-refractivity contribution in [3.8, 4) is 0 Å². The van der Waals surface area contributed by atoms with Gasteiger partial charge in [-0.3, -0.25) is 0 Å². The van der Waals surface area contributed by atoms with Gasteiger partial charge in [0.1, 0.15) is 0 Å². The molecule has 0 amide bonds. The molecular formula is C35H62N2. The number of nitrogens with one attached hydrogen (secondary N) is 2. The van der Waals surface area contributed by atoms with Crippen molar-refractivity contribution in [3.63, 3.8) is 0 Å². The Hall–Kier alpha value is -0.600. The molecule has 0 heterocycles. The molecule has 2 N–H and O–H groups in total. The van der Waals surface area contributed by atoms with E-state index in [1.165, 1.54) is 116 Å². The monoisotopic (exact) mass is 510 g/mol. The Bertz CT molecular complexity index is 669. The molecule has 6 unspecified atom stereocenters. The molecule has 37 heavy (non-hydrogen) atoms. The van der Waals surface area contributed by atoms with E-state index in [1.54, 1.807) is 0 Å². The Morgan fingerprint density at radius 3 is 1.78 bits per heavy atom. The lowest BCUT2D eigenvalue weighted by molar-refractivity contribution is 0.0106. The maximum Gasteiger partial charge on any atom is 0.00672 e. The predicted octanol–water partition coefficient (Wildman–Crippen LogP) is 8.93. The Labute approximate surface area is 231 Å². The third-order valence-electron chi connectivity index (χ3n) is 11.5. The van der Waals surface area contributed by atoms with Crippen LogP contribution in [0.3, 0.4) is 0 Å². The maximum atomic E-state index is 4.28. The average molecular weight is 511 g/mol. The summed E-state index contributed by atoms with van der Waals surface area (Å²) in [6.07, 6.45) is 30.2. The van der Waals surface area contributed by atoms with Gasteiger partial charge < -0.3 is 10.6 Å². The summed E-state index contributed by atoms with van der Waals surface area (Å²) in [7, 11) is 0. The highest BCUT2D eigenvalue weighted by atomic mass is 14.9. The minimum Gasteiger partial charge on any atom is -0.314 e. The summed E-state index contributed by atoms with van der Waals surface area (Å²) in [4.78, 5) is 0. The van der Waals surface area contributed by atoms with E-state index in [-0.39, 0.29) is 0 Å². The van der Waals surface area contributed by atoms with Crippen LogP contribution in [0.2, 0.25) is 0 Å². The lowest BCUT2D eigenvalue weighted by atomic mass is 9.55. The van der Waals surface area contributed by atoms with Gasteiger partial charge in [0.05, 0.1) is 0 Å². The zero-order valence-electron chi connectivity index (χ0n) is 24.9. The van der Waals surface area contributed by atoms with Crippen LogP contribution in [-0.4, -0.2) is 25.2 Å². The third kappa shape index (κ3) is 7.97. The van der Waals surface area contributed by atoms with Gasteiger partial charge in [-0.2, -0.15) is 0 Å². The SMILES string of the molecule is C=CC1CCC(C2CCC(NCCC)CC2)C(C2CC(C3CCC(NCCC)CC3)CCC2/C=C/C)C1. The third-order valence-corrected chi connectivity index (χ3v) is 11.5. The topological polar surface area (TPSA) is 24.1 Å². The molecule has 0 aromatic carbocycles. The van der Waals surface area contributed by atoms with Gasteiger partial charge in [-0.25, -0.2) is 0 Å².